The molecule has 1 aliphatic heterocycles. The van der Waals surface area contributed by atoms with Gasteiger partial charge < -0.3 is 9.88 Å². The lowest BCUT2D eigenvalue weighted by atomic mass is 10.0. The minimum Gasteiger partial charge on any atom is -0.353 e. The second-order valence-corrected chi connectivity index (χ2v) is 10.1. The highest BCUT2D eigenvalue weighted by Gasteiger charge is 2.28. The van der Waals surface area contributed by atoms with E-state index in [1.54, 1.807) is 12.3 Å². The van der Waals surface area contributed by atoms with Gasteiger partial charge in [0.2, 0.25) is 12.0 Å². The summed E-state index contributed by atoms with van der Waals surface area (Å²) < 4.78 is 2.48. The van der Waals surface area contributed by atoms with Crippen molar-refractivity contribution in [3.05, 3.63) is 45.8 Å². The first kappa shape index (κ1) is 22.1. The number of nitrogens with one attached hydrogen (secondary N) is 1. The fourth-order valence-electron chi connectivity index (χ4n) is 3.92. The van der Waals surface area contributed by atoms with Gasteiger partial charge in [-0.25, -0.2) is 9.30 Å². The minimum atomic E-state index is -0.109. The summed E-state index contributed by atoms with van der Waals surface area (Å²) in [7, 11) is 0. The molecule has 4 rings (SSSR count). The molecule has 0 spiro atoms. The fraction of sp³-hybridized carbons (Fsp3) is 0.542. The molecule has 0 radical (unpaired) electrons. The molecule has 0 bridgehead atoms. The highest BCUT2D eigenvalue weighted by Crippen LogP contribution is 2.35. The van der Waals surface area contributed by atoms with Crippen LogP contribution in [0, 0.1) is 11.8 Å². The molecular weight excluding hydrogens is 408 g/mol. The molecule has 0 aromatic carbocycles. The monoisotopic (exact) mass is 440 g/mol. The topological polar surface area (TPSA) is 68.8 Å². The van der Waals surface area contributed by atoms with Crippen LogP contribution in [0.3, 0.4) is 0 Å². The lowest BCUT2D eigenvalue weighted by Gasteiger charge is -2.40. The molecule has 2 saturated carbocycles. The first-order chi connectivity index (χ1) is 15.0. The van der Waals surface area contributed by atoms with Gasteiger partial charge in [0, 0.05) is 43.7 Å². The molecule has 1 N–H and O–H groups in total. The molecule has 7 heteroatoms. The van der Waals surface area contributed by atoms with Gasteiger partial charge in [0.1, 0.15) is 5.82 Å². The van der Waals surface area contributed by atoms with E-state index in [1.165, 1.54) is 31.4 Å². The highest BCUT2D eigenvalue weighted by molar-refractivity contribution is 7.97. The van der Waals surface area contributed by atoms with Crippen LogP contribution in [0.2, 0.25) is 0 Å². The van der Waals surface area contributed by atoms with Gasteiger partial charge in [0.15, 0.2) is 0 Å². The number of anilines is 1. The van der Waals surface area contributed by atoms with Crippen molar-refractivity contribution in [2.24, 2.45) is 16.8 Å². The van der Waals surface area contributed by atoms with Gasteiger partial charge in [-0.3, -0.25) is 9.59 Å². The summed E-state index contributed by atoms with van der Waals surface area (Å²) in [6.07, 6.45) is 11.6. The smallest absolute Gasteiger partial charge is 0.250 e. The van der Waals surface area contributed by atoms with Crippen molar-refractivity contribution in [2.45, 2.75) is 45.6 Å². The van der Waals surface area contributed by atoms with E-state index in [2.05, 4.69) is 44.3 Å². The largest absolute Gasteiger partial charge is 0.353 e. The van der Waals surface area contributed by atoms with E-state index in [-0.39, 0.29) is 5.56 Å². The summed E-state index contributed by atoms with van der Waals surface area (Å²) in [5, 5.41) is 0. The van der Waals surface area contributed by atoms with E-state index < -0.39 is 0 Å². The maximum Gasteiger partial charge on any atom is 0.250 e. The molecule has 2 aliphatic carbocycles. The van der Waals surface area contributed by atoms with Gasteiger partial charge in [-0.05, 0) is 74.1 Å². The van der Waals surface area contributed by atoms with Gasteiger partial charge >= 0.3 is 0 Å². The number of carbonyl (C=O) groups is 1. The van der Waals surface area contributed by atoms with Crippen LogP contribution in [0.4, 0.5) is 5.82 Å². The molecule has 1 aromatic heterocycles. The van der Waals surface area contributed by atoms with Crippen LogP contribution < -0.4 is 10.5 Å². The van der Waals surface area contributed by atoms with Gasteiger partial charge in [0.25, 0.3) is 0 Å². The Kier molecular flexibility index (Phi) is 7.13. The van der Waals surface area contributed by atoms with Crippen LogP contribution in [0.1, 0.15) is 45.1 Å². The van der Waals surface area contributed by atoms with Crippen molar-refractivity contribution in [1.29, 1.82) is 0 Å². The summed E-state index contributed by atoms with van der Waals surface area (Å²) in [5.41, 5.74) is 2.57. The molecule has 1 saturated heterocycles. The Balaban J connectivity index is 1.55. The van der Waals surface area contributed by atoms with Crippen molar-refractivity contribution in [3.63, 3.8) is 0 Å². The average molecular weight is 441 g/mol. The zero-order valence-corrected chi connectivity index (χ0v) is 19.2. The highest BCUT2D eigenvalue weighted by atomic mass is 32.2. The first-order valence-electron chi connectivity index (χ1n) is 11.3. The van der Waals surface area contributed by atoms with Crippen LogP contribution in [-0.4, -0.2) is 53.3 Å². The summed E-state index contributed by atoms with van der Waals surface area (Å²) in [5.74, 6) is 3.64. The normalized spacial score (nSPS) is 23.5. The molecule has 3 fully saturated rings. The number of piperazine rings is 1. The number of hydrogen-bond donors (Lipinski definition) is 1. The Morgan fingerprint density at radius 1 is 1.26 bits per heavy atom. The van der Waals surface area contributed by atoms with Crippen molar-refractivity contribution in [3.8, 4) is 0 Å². The number of nitrogens with zero attached hydrogens (tertiary/aromatic N) is 3. The van der Waals surface area contributed by atoms with E-state index in [9.17, 15) is 9.59 Å². The maximum absolute atomic E-state index is 12.6. The zero-order valence-electron chi connectivity index (χ0n) is 18.4. The molecule has 166 valence electrons. The number of rotatable bonds is 9. The number of carbonyl (C=O) groups excluding carboxylic acids is 1. The van der Waals surface area contributed by atoms with Crippen LogP contribution in [0.15, 0.2) is 39.6 Å². The molecule has 2 heterocycles. The Labute approximate surface area is 188 Å². The van der Waals surface area contributed by atoms with E-state index in [4.69, 9.17) is 0 Å². The second-order valence-electron chi connectivity index (χ2n) is 8.96. The van der Waals surface area contributed by atoms with Crippen LogP contribution in [0.25, 0.3) is 5.57 Å². The number of amides is 1. The second kappa shape index (κ2) is 10.0. The Hall–Kier alpha value is -2.12. The van der Waals surface area contributed by atoms with Crippen molar-refractivity contribution < 1.29 is 4.79 Å². The van der Waals surface area contributed by atoms with Crippen LogP contribution in [-0.2, 0) is 4.79 Å². The summed E-state index contributed by atoms with van der Waals surface area (Å²) in [6.45, 7) is 7.02. The van der Waals surface area contributed by atoms with Gasteiger partial charge in [-0.2, -0.15) is 0 Å². The number of hydrogen-bond acceptors (Lipinski definition) is 5. The van der Waals surface area contributed by atoms with E-state index in [0.29, 0.717) is 18.4 Å². The third-order valence-corrected chi connectivity index (χ3v) is 7.46. The summed E-state index contributed by atoms with van der Waals surface area (Å²) in [4.78, 5) is 32.4. The molecule has 1 unspecified atom stereocenters. The van der Waals surface area contributed by atoms with Gasteiger partial charge in [-0.1, -0.05) is 24.1 Å². The fourth-order valence-corrected chi connectivity index (χ4v) is 5.21. The number of allylic oxidation sites excluding steroid dienone is 4. The molecular formula is C24H32N4O2S. The van der Waals surface area contributed by atoms with Crippen LogP contribution >= 0.6 is 11.9 Å². The Morgan fingerprint density at radius 2 is 2.06 bits per heavy atom. The van der Waals surface area contributed by atoms with E-state index in [0.717, 1.165) is 48.1 Å². The maximum atomic E-state index is 12.6. The SMILES string of the molecule is C/C(C=NC=O)=C(/C=C/C1CC1)c1cc(N2CCN(SCC3CC3)CC2C)[nH]c(=O)c1. The van der Waals surface area contributed by atoms with E-state index >= 15 is 0 Å². The predicted octanol–water partition coefficient (Wildman–Crippen LogP) is 3.91. The Bertz CT molecular complexity index is 943. The van der Waals surface area contributed by atoms with Crippen molar-refractivity contribution in [2.75, 3.05) is 30.3 Å². The third-order valence-electron chi connectivity index (χ3n) is 6.14. The van der Waals surface area contributed by atoms with Gasteiger partial charge in [0.05, 0.1) is 0 Å². The number of aliphatic imine (C=N–C) groups is 1. The number of pyridine rings is 1. The third kappa shape index (κ3) is 6.20. The van der Waals surface area contributed by atoms with Crippen molar-refractivity contribution in [1.82, 2.24) is 9.29 Å². The number of H-pyrrole nitrogens is 1. The standard InChI is InChI=1S/C24H32N4O2S/c1-17(13-25-16-29)22(8-7-19-3-4-19)21-11-23(26-24(30)12-21)28-10-9-27(14-18(28)2)31-15-20-5-6-20/h7-8,11-13,16,18-20H,3-6,9-10,14-15H2,1-2H3,(H,26,30)/b8-7+,22-17+,25-13?. The zero-order chi connectivity index (χ0) is 21.8. The summed E-state index contributed by atoms with van der Waals surface area (Å²) in [6, 6.07) is 4.02. The van der Waals surface area contributed by atoms with Crippen molar-refractivity contribution >= 4 is 36.0 Å². The lowest BCUT2D eigenvalue weighted by Crippen LogP contribution is -2.50. The minimum absolute atomic E-state index is 0.109. The predicted molar refractivity (Wildman–Crippen MR) is 130 cm³/mol. The van der Waals surface area contributed by atoms with Crippen LogP contribution in [0.5, 0.6) is 0 Å². The van der Waals surface area contributed by atoms with E-state index in [1.807, 2.05) is 18.9 Å². The number of aromatic nitrogens is 1. The molecule has 1 atom stereocenters. The quantitative estimate of drug-likeness (QED) is 0.273. The molecule has 1 aromatic rings. The number of aromatic amines is 1. The van der Waals surface area contributed by atoms with Gasteiger partial charge in [-0.15, -0.1) is 0 Å². The first-order valence-corrected chi connectivity index (χ1v) is 12.2. The molecule has 1 amide bonds. The Morgan fingerprint density at radius 3 is 2.74 bits per heavy atom. The molecule has 6 nitrogen and oxygen atoms in total. The average Bonchev–Trinajstić information content (AvgIpc) is 3.65. The molecule has 3 aliphatic rings. The lowest BCUT2D eigenvalue weighted by molar-refractivity contribution is -0.106. The molecule has 31 heavy (non-hydrogen) atoms. The summed E-state index contributed by atoms with van der Waals surface area (Å²) >= 11 is 1.98.